The van der Waals surface area contributed by atoms with Gasteiger partial charge in [-0.05, 0) is 30.7 Å². The van der Waals surface area contributed by atoms with E-state index in [0.717, 1.165) is 22.2 Å². The van der Waals surface area contributed by atoms with Crippen molar-refractivity contribution in [2.45, 2.75) is 19.5 Å². The molecular formula is C20H17N3O2. The van der Waals surface area contributed by atoms with Gasteiger partial charge in [0.1, 0.15) is 6.04 Å². The van der Waals surface area contributed by atoms with E-state index in [1.807, 2.05) is 60.7 Å². The lowest BCUT2D eigenvalue weighted by atomic mass is 10.1. The third-order valence-corrected chi connectivity index (χ3v) is 4.53. The van der Waals surface area contributed by atoms with Crippen molar-refractivity contribution in [1.82, 2.24) is 9.88 Å². The summed E-state index contributed by atoms with van der Waals surface area (Å²) in [6.45, 7) is 1.98. The van der Waals surface area contributed by atoms with Gasteiger partial charge < -0.3 is 0 Å². The minimum Gasteiger partial charge on any atom is -0.282 e. The second kappa shape index (κ2) is 6.02. The zero-order valence-corrected chi connectivity index (χ0v) is 13.8. The summed E-state index contributed by atoms with van der Waals surface area (Å²) in [6.07, 6.45) is 1.72. The van der Waals surface area contributed by atoms with Crippen LogP contribution in [0.5, 0.6) is 0 Å². The topological polar surface area (TPSA) is 53.5 Å². The predicted molar refractivity (Wildman–Crippen MR) is 96.1 cm³/mol. The Morgan fingerprint density at radius 3 is 2.52 bits per heavy atom. The first kappa shape index (κ1) is 15.3. The van der Waals surface area contributed by atoms with Crippen LogP contribution < -0.4 is 4.90 Å². The maximum Gasteiger partial charge on any atom is 0.332 e. The van der Waals surface area contributed by atoms with Crippen LogP contribution in [0.25, 0.3) is 10.9 Å². The summed E-state index contributed by atoms with van der Waals surface area (Å²) in [7, 11) is 0. The molecular weight excluding hydrogens is 314 g/mol. The average molecular weight is 331 g/mol. The zero-order chi connectivity index (χ0) is 17.4. The summed E-state index contributed by atoms with van der Waals surface area (Å²) in [4.78, 5) is 32.8. The Hall–Kier alpha value is -3.21. The van der Waals surface area contributed by atoms with Crippen molar-refractivity contribution in [1.29, 1.82) is 0 Å². The molecule has 0 saturated carbocycles. The molecule has 0 bridgehead atoms. The van der Waals surface area contributed by atoms with Crippen LogP contribution in [-0.2, 0) is 11.3 Å². The van der Waals surface area contributed by atoms with E-state index in [1.165, 1.54) is 4.90 Å². The Labute approximate surface area is 145 Å². The number of hydrogen-bond donors (Lipinski definition) is 0. The van der Waals surface area contributed by atoms with Gasteiger partial charge in [0.05, 0.1) is 12.1 Å². The minimum atomic E-state index is -0.516. The van der Waals surface area contributed by atoms with E-state index >= 15 is 0 Å². The molecule has 3 aromatic rings. The van der Waals surface area contributed by atoms with Crippen LogP contribution in [0.3, 0.4) is 0 Å². The Bertz CT molecular complexity index is 950. The number of carbonyl (C=O) groups is 2. The van der Waals surface area contributed by atoms with E-state index < -0.39 is 6.04 Å². The normalized spacial score (nSPS) is 17.6. The molecule has 1 aromatic heterocycles. The summed E-state index contributed by atoms with van der Waals surface area (Å²) in [6, 6.07) is 18.1. The van der Waals surface area contributed by atoms with E-state index in [0.29, 0.717) is 0 Å². The number of imide groups is 1. The number of fused-ring (bicyclic) bond motifs is 1. The molecule has 1 aliphatic rings. The molecule has 1 unspecified atom stereocenters. The van der Waals surface area contributed by atoms with E-state index in [-0.39, 0.29) is 18.5 Å². The number of anilines is 1. The highest BCUT2D eigenvalue weighted by Crippen LogP contribution is 2.28. The van der Waals surface area contributed by atoms with E-state index in [2.05, 4.69) is 4.98 Å². The molecule has 5 heteroatoms. The summed E-state index contributed by atoms with van der Waals surface area (Å²) < 4.78 is 0. The average Bonchev–Trinajstić information content (AvgIpc) is 2.86. The van der Waals surface area contributed by atoms with Crippen molar-refractivity contribution in [2.75, 3.05) is 4.90 Å². The number of urea groups is 1. The highest BCUT2D eigenvalue weighted by atomic mass is 16.2. The summed E-state index contributed by atoms with van der Waals surface area (Å²) in [5.74, 6) is -0.193. The summed E-state index contributed by atoms with van der Waals surface area (Å²) in [5, 5.41) is 0.993. The zero-order valence-electron chi connectivity index (χ0n) is 13.8. The lowest BCUT2D eigenvalue weighted by molar-refractivity contribution is -0.127. The largest absolute Gasteiger partial charge is 0.332 e. The molecule has 0 radical (unpaired) electrons. The van der Waals surface area contributed by atoms with Gasteiger partial charge in [0.2, 0.25) is 0 Å². The number of nitrogens with zero attached hydrogens (tertiary/aromatic N) is 3. The SMILES string of the molecule is CC1C(=O)N(Cc2cccc3cccnc23)C(=O)N1c1ccccc1. The third-order valence-electron chi connectivity index (χ3n) is 4.53. The molecule has 1 atom stereocenters. The number of pyridine rings is 1. The first-order valence-electron chi connectivity index (χ1n) is 8.19. The van der Waals surface area contributed by atoms with Gasteiger partial charge in [-0.15, -0.1) is 0 Å². The Balaban J connectivity index is 1.69. The molecule has 0 spiro atoms. The van der Waals surface area contributed by atoms with Gasteiger partial charge in [-0.3, -0.25) is 19.6 Å². The number of para-hydroxylation sites is 2. The van der Waals surface area contributed by atoms with Gasteiger partial charge in [0.25, 0.3) is 5.91 Å². The van der Waals surface area contributed by atoms with Crippen LogP contribution >= 0.6 is 0 Å². The second-order valence-electron chi connectivity index (χ2n) is 6.08. The Morgan fingerprint density at radius 2 is 1.72 bits per heavy atom. The first-order valence-corrected chi connectivity index (χ1v) is 8.19. The fourth-order valence-electron chi connectivity index (χ4n) is 3.26. The predicted octanol–water partition coefficient (Wildman–Crippen LogP) is 3.59. The maximum absolute atomic E-state index is 12.9. The van der Waals surface area contributed by atoms with Crippen LogP contribution in [0.4, 0.5) is 10.5 Å². The lowest BCUT2D eigenvalue weighted by Gasteiger charge is -2.19. The summed E-state index contributed by atoms with van der Waals surface area (Å²) in [5.41, 5.74) is 2.41. The molecule has 5 nitrogen and oxygen atoms in total. The molecule has 2 aromatic carbocycles. The summed E-state index contributed by atoms with van der Waals surface area (Å²) >= 11 is 0. The van der Waals surface area contributed by atoms with E-state index in [1.54, 1.807) is 18.0 Å². The van der Waals surface area contributed by atoms with Gasteiger partial charge in [0.15, 0.2) is 0 Å². The lowest BCUT2D eigenvalue weighted by Crippen LogP contribution is -2.33. The molecule has 25 heavy (non-hydrogen) atoms. The smallest absolute Gasteiger partial charge is 0.282 e. The van der Waals surface area contributed by atoms with Gasteiger partial charge in [-0.25, -0.2) is 4.79 Å². The number of aromatic nitrogens is 1. The van der Waals surface area contributed by atoms with Gasteiger partial charge >= 0.3 is 6.03 Å². The fraction of sp³-hybridized carbons (Fsp3) is 0.150. The second-order valence-corrected chi connectivity index (χ2v) is 6.08. The molecule has 3 amide bonds. The molecule has 4 rings (SSSR count). The number of hydrogen-bond acceptors (Lipinski definition) is 3. The van der Waals surface area contributed by atoms with Crippen molar-refractivity contribution in [3.05, 3.63) is 72.4 Å². The van der Waals surface area contributed by atoms with Gasteiger partial charge in [-0.1, -0.05) is 42.5 Å². The van der Waals surface area contributed by atoms with Crippen molar-refractivity contribution >= 4 is 28.5 Å². The molecule has 1 fully saturated rings. The first-order chi connectivity index (χ1) is 12.2. The molecule has 124 valence electrons. The van der Waals surface area contributed by atoms with Crippen LogP contribution in [-0.4, -0.2) is 27.9 Å². The number of benzene rings is 2. The number of amides is 3. The standard InChI is InChI=1S/C20H17N3O2/c1-14-19(24)22(20(25)23(14)17-10-3-2-4-11-17)13-16-8-5-7-15-9-6-12-21-18(15)16/h2-12,14H,13H2,1H3. The van der Waals surface area contributed by atoms with Crippen LogP contribution in [0.1, 0.15) is 12.5 Å². The monoisotopic (exact) mass is 331 g/mol. The maximum atomic E-state index is 12.9. The Morgan fingerprint density at radius 1 is 0.960 bits per heavy atom. The highest BCUT2D eigenvalue weighted by molar-refractivity contribution is 6.14. The van der Waals surface area contributed by atoms with Crippen molar-refractivity contribution < 1.29 is 9.59 Å². The molecule has 0 aliphatic carbocycles. The molecule has 2 heterocycles. The van der Waals surface area contributed by atoms with Crippen LogP contribution in [0.2, 0.25) is 0 Å². The quantitative estimate of drug-likeness (QED) is 0.689. The van der Waals surface area contributed by atoms with Crippen LogP contribution in [0, 0.1) is 0 Å². The van der Waals surface area contributed by atoms with Crippen molar-refractivity contribution in [3.63, 3.8) is 0 Å². The fourth-order valence-corrected chi connectivity index (χ4v) is 3.26. The molecule has 1 aliphatic heterocycles. The van der Waals surface area contributed by atoms with E-state index in [9.17, 15) is 9.59 Å². The molecule has 1 saturated heterocycles. The van der Waals surface area contributed by atoms with Crippen LogP contribution in [0.15, 0.2) is 66.9 Å². The van der Waals surface area contributed by atoms with Gasteiger partial charge in [-0.2, -0.15) is 0 Å². The van der Waals surface area contributed by atoms with E-state index in [4.69, 9.17) is 0 Å². The minimum absolute atomic E-state index is 0.193. The van der Waals surface area contributed by atoms with Crippen molar-refractivity contribution in [3.8, 4) is 0 Å². The number of carbonyl (C=O) groups excluding carboxylic acids is 2. The van der Waals surface area contributed by atoms with Gasteiger partial charge in [0, 0.05) is 17.3 Å². The highest BCUT2D eigenvalue weighted by Gasteiger charge is 2.43. The Kier molecular flexibility index (Phi) is 3.69. The number of rotatable bonds is 3. The molecule has 0 N–H and O–H groups in total. The van der Waals surface area contributed by atoms with Crippen molar-refractivity contribution in [2.24, 2.45) is 0 Å². The third kappa shape index (κ3) is 2.54.